The van der Waals surface area contributed by atoms with Crippen molar-refractivity contribution in [2.45, 2.75) is 38.8 Å². The molecule has 1 amide bonds. The number of aromatic nitrogens is 1. The molecular weight excluding hydrogens is 222 g/mol. The molecule has 0 aliphatic carbocycles. The molecule has 0 saturated carbocycles. The summed E-state index contributed by atoms with van der Waals surface area (Å²) >= 11 is 1.54. The van der Waals surface area contributed by atoms with E-state index in [-0.39, 0.29) is 5.91 Å². The zero-order chi connectivity index (χ0) is 12.4. The van der Waals surface area contributed by atoms with Crippen LogP contribution in [0.15, 0.2) is 11.6 Å². The Labute approximate surface area is 100 Å². The highest BCUT2D eigenvalue weighted by molar-refractivity contribution is 7.09. The topological polar surface area (TPSA) is 54.0 Å². The molecule has 4 nitrogen and oxygen atoms in total. The second kappa shape index (κ2) is 4.51. The minimum Gasteiger partial charge on any atom is -0.343 e. The van der Waals surface area contributed by atoms with Gasteiger partial charge in [0.2, 0.25) is 5.91 Å². The first-order chi connectivity index (χ1) is 7.29. The lowest BCUT2D eigenvalue weighted by molar-refractivity contribution is -0.128. The van der Waals surface area contributed by atoms with Crippen LogP contribution in [0, 0.1) is 0 Å². The third-order valence-electron chi connectivity index (χ3n) is 2.59. The van der Waals surface area contributed by atoms with Crippen LogP contribution in [0.4, 0.5) is 0 Å². The van der Waals surface area contributed by atoms with Gasteiger partial charge < -0.3 is 10.6 Å². The van der Waals surface area contributed by atoms with E-state index < -0.39 is 11.1 Å². The number of amides is 1. The molecule has 2 N–H and O–H groups in total. The molecule has 0 saturated heterocycles. The van der Waals surface area contributed by atoms with Gasteiger partial charge in [-0.3, -0.25) is 4.79 Å². The van der Waals surface area contributed by atoms with Gasteiger partial charge in [0.05, 0.1) is 11.1 Å². The molecule has 0 spiro atoms. The fraction of sp³-hybridized carbons (Fsp3) is 0.636. The fourth-order valence-electron chi connectivity index (χ4n) is 1.14. The minimum atomic E-state index is -0.575. The van der Waals surface area contributed by atoms with E-state index in [4.69, 9.17) is 0 Å². The summed E-state index contributed by atoms with van der Waals surface area (Å²) in [6.07, 6.45) is 1.75. The maximum Gasteiger partial charge on any atom is 0.240 e. The molecule has 1 heterocycles. The Morgan fingerprint density at radius 3 is 2.44 bits per heavy atom. The highest BCUT2D eigenvalue weighted by atomic mass is 32.1. The number of hydrogen-bond acceptors (Lipinski definition) is 4. The Morgan fingerprint density at radius 1 is 1.38 bits per heavy atom. The van der Waals surface area contributed by atoms with Crippen molar-refractivity contribution in [1.82, 2.24) is 15.6 Å². The molecule has 0 fully saturated rings. The lowest BCUT2D eigenvalue weighted by Gasteiger charge is -2.30. The van der Waals surface area contributed by atoms with Gasteiger partial charge in [-0.1, -0.05) is 0 Å². The summed E-state index contributed by atoms with van der Waals surface area (Å²) in [5.74, 6) is -0.0322. The van der Waals surface area contributed by atoms with Crippen molar-refractivity contribution < 1.29 is 4.79 Å². The smallest absolute Gasteiger partial charge is 0.240 e. The van der Waals surface area contributed by atoms with Crippen molar-refractivity contribution in [2.24, 2.45) is 0 Å². The third kappa shape index (κ3) is 2.80. The summed E-state index contributed by atoms with van der Waals surface area (Å²) in [5, 5.41) is 8.80. The average molecular weight is 241 g/mol. The second-order valence-electron chi connectivity index (χ2n) is 4.79. The molecular formula is C11H19N3OS. The van der Waals surface area contributed by atoms with Crippen LogP contribution in [-0.2, 0) is 10.3 Å². The first-order valence-electron chi connectivity index (χ1n) is 5.21. The minimum absolute atomic E-state index is 0.0322. The molecule has 0 bridgehead atoms. The first kappa shape index (κ1) is 13.1. The van der Waals surface area contributed by atoms with E-state index in [1.165, 1.54) is 0 Å². The van der Waals surface area contributed by atoms with E-state index >= 15 is 0 Å². The quantitative estimate of drug-likeness (QED) is 0.840. The van der Waals surface area contributed by atoms with E-state index in [2.05, 4.69) is 15.6 Å². The Bertz CT molecular complexity index is 357. The Hall–Kier alpha value is -0.940. The Kier molecular flexibility index (Phi) is 3.70. The van der Waals surface area contributed by atoms with Crippen LogP contribution in [0.1, 0.15) is 32.7 Å². The van der Waals surface area contributed by atoms with Crippen LogP contribution in [-0.4, -0.2) is 23.5 Å². The lowest BCUT2D eigenvalue weighted by Crippen LogP contribution is -2.55. The molecule has 0 aliphatic heterocycles. The number of thiazole rings is 1. The van der Waals surface area contributed by atoms with Gasteiger partial charge in [-0.25, -0.2) is 4.98 Å². The standard InChI is InChI=1S/C11H19N3OS/c1-10(2,12-5)8(15)14-11(3,4)9-13-6-7-16-9/h6-7,12H,1-5H3,(H,14,15). The van der Waals surface area contributed by atoms with Gasteiger partial charge in [0, 0.05) is 11.6 Å². The zero-order valence-corrected chi connectivity index (χ0v) is 11.2. The molecule has 0 atom stereocenters. The van der Waals surface area contributed by atoms with Crippen LogP contribution in [0.5, 0.6) is 0 Å². The molecule has 16 heavy (non-hydrogen) atoms. The SMILES string of the molecule is CNC(C)(C)C(=O)NC(C)(C)c1nccs1. The van der Waals surface area contributed by atoms with E-state index in [9.17, 15) is 4.79 Å². The number of rotatable bonds is 4. The maximum absolute atomic E-state index is 12.0. The van der Waals surface area contributed by atoms with Gasteiger partial charge in [-0.15, -0.1) is 11.3 Å². The van der Waals surface area contributed by atoms with Gasteiger partial charge in [0.15, 0.2) is 0 Å². The van der Waals surface area contributed by atoms with Gasteiger partial charge in [0.1, 0.15) is 5.01 Å². The van der Waals surface area contributed by atoms with Crippen LogP contribution in [0.2, 0.25) is 0 Å². The average Bonchev–Trinajstić information content (AvgIpc) is 2.70. The summed E-state index contributed by atoms with van der Waals surface area (Å²) in [4.78, 5) is 16.2. The van der Waals surface area contributed by atoms with Crippen molar-refractivity contribution in [3.8, 4) is 0 Å². The number of nitrogens with zero attached hydrogens (tertiary/aromatic N) is 1. The van der Waals surface area contributed by atoms with Crippen LogP contribution in [0.25, 0.3) is 0 Å². The predicted molar refractivity (Wildman–Crippen MR) is 66.4 cm³/mol. The third-order valence-corrected chi connectivity index (χ3v) is 3.68. The predicted octanol–water partition coefficient (Wildman–Crippen LogP) is 1.49. The van der Waals surface area contributed by atoms with Gasteiger partial charge >= 0.3 is 0 Å². The maximum atomic E-state index is 12.0. The summed E-state index contributed by atoms with van der Waals surface area (Å²) < 4.78 is 0. The number of carbonyl (C=O) groups is 1. The normalized spacial score (nSPS) is 12.6. The molecule has 0 aromatic carbocycles. The Morgan fingerprint density at radius 2 is 2.00 bits per heavy atom. The van der Waals surface area contributed by atoms with E-state index in [0.29, 0.717) is 0 Å². The van der Waals surface area contributed by atoms with Crippen molar-refractivity contribution >= 4 is 17.2 Å². The van der Waals surface area contributed by atoms with Crippen LogP contribution >= 0.6 is 11.3 Å². The summed E-state index contributed by atoms with van der Waals surface area (Å²) in [5.41, 5.74) is -1.01. The molecule has 0 aliphatic rings. The van der Waals surface area contributed by atoms with Crippen LogP contribution in [0.3, 0.4) is 0 Å². The van der Waals surface area contributed by atoms with Crippen molar-refractivity contribution in [2.75, 3.05) is 7.05 Å². The summed E-state index contributed by atoms with van der Waals surface area (Å²) in [6, 6.07) is 0. The number of nitrogens with one attached hydrogen (secondary N) is 2. The highest BCUT2D eigenvalue weighted by Crippen LogP contribution is 2.22. The molecule has 0 radical (unpaired) electrons. The zero-order valence-electron chi connectivity index (χ0n) is 10.4. The molecule has 5 heteroatoms. The fourth-order valence-corrected chi connectivity index (χ4v) is 1.86. The van der Waals surface area contributed by atoms with Crippen LogP contribution < -0.4 is 10.6 Å². The van der Waals surface area contributed by atoms with Gasteiger partial charge in [-0.2, -0.15) is 0 Å². The molecule has 90 valence electrons. The van der Waals surface area contributed by atoms with Gasteiger partial charge in [0.25, 0.3) is 0 Å². The number of carbonyl (C=O) groups excluding carboxylic acids is 1. The van der Waals surface area contributed by atoms with E-state index in [1.807, 2.05) is 33.1 Å². The molecule has 1 aromatic heterocycles. The molecule has 0 unspecified atom stereocenters. The van der Waals surface area contributed by atoms with E-state index in [1.54, 1.807) is 24.6 Å². The largest absolute Gasteiger partial charge is 0.343 e. The highest BCUT2D eigenvalue weighted by Gasteiger charge is 2.32. The number of likely N-dealkylation sites (N-methyl/N-ethyl adjacent to an activating group) is 1. The molecule has 1 aromatic rings. The van der Waals surface area contributed by atoms with Crippen molar-refractivity contribution in [3.05, 3.63) is 16.6 Å². The van der Waals surface area contributed by atoms with Crippen molar-refractivity contribution in [3.63, 3.8) is 0 Å². The monoisotopic (exact) mass is 241 g/mol. The van der Waals surface area contributed by atoms with Crippen molar-refractivity contribution in [1.29, 1.82) is 0 Å². The van der Waals surface area contributed by atoms with E-state index in [0.717, 1.165) is 5.01 Å². The summed E-state index contributed by atoms with van der Waals surface area (Å²) in [7, 11) is 1.77. The lowest BCUT2D eigenvalue weighted by atomic mass is 10.0. The number of hydrogen-bond donors (Lipinski definition) is 2. The second-order valence-corrected chi connectivity index (χ2v) is 5.69. The summed E-state index contributed by atoms with van der Waals surface area (Å²) in [6.45, 7) is 7.60. The molecule has 1 rings (SSSR count). The Balaban J connectivity index is 2.78. The van der Waals surface area contributed by atoms with Gasteiger partial charge in [-0.05, 0) is 34.7 Å². The first-order valence-corrected chi connectivity index (χ1v) is 6.09.